The Morgan fingerprint density at radius 2 is 2.32 bits per heavy atom. The number of ether oxygens (including phenoxy) is 1. The molecule has 6 nitrogen and oxygen atoms in total. The lowest BCUT2D eigenvalue weighted by molar-refractivity contribution is 0.199. The molecule has 0 atom stereocenters. The van der Waals surface area contributed by atoms with Crippen molar-refractivity contribution < 1.29 is 13.7 Å². The van der Waals surface area contributed by atoms with Crippen molar-refractivity contribution in [2.45, 2.75) is 13.0 Å². The summed E-state index contributed by atoms with van der Waals surface area (Å²) in [5, 5.41) is 3.82. The lowest BCUT2D eigenvalue weighted by Crippen LogP contribution is -2.18. The largest absolute Gasteiger partial charge is 0.384 e. The lowest BCUT2D eigenvalue weighted by Gasteiger charge is -2.16. The highest BCUT2D eigenvalue weighted by Gasteiger charge is 2.12. The molecule has 2 aromatic heterocycles. The van der Waals surface area contributed by atoms with E-state index in [0.29, 0.717) is 37.0 Å². The van der Waals surface area contributed by atoms with Gasteiger partial charge < -0.3 is 14.2 Å². The fourth-order valence-corrected chi connectivity index (χ4v) is 1.61. The van der Waals surface area contributed by atoms with Crippen LogP contribution in [0.5, 0.6) is 0 Å². The zero-order valence-corrected chi connectivity index (χ0v) is 10.8. The van der Waals surface area contributed by atoms with Gasteiger partial charge in [-0.15, -0.1) is 0 Å². The third-order valence-corrected chi connectivity index (χ3v) is 2.57. The van der Waals surface area contributed by atoms with Gasteiger partial charge in [-0.3, -0.25) is 4.98 Å². The average molecular weight is 266 g/mol. The number of anilines is 1. The zero-order chi connectivity index (χ0) is 13.7. The van der Waals surface area contributed by atoms with E-state index in [1.54, 1.807) is 25.1 Å². The van der Waals surface area contributed by atoms with Gasteiger partial charge in [-0.2, -0.15) is 4.98 Å². The Labute approximate surface area is 110 Å². The molecule has 0 radical (unpaired) electrons. The minimum atomic E-state index is -0.385. The standard InChI is InChI=1S/C12H15FN4O2/c1-17(10-3-5-14-7-9(10)13)8-12-15-11(16-19-12)4-6-18-2/h3,5,7H,4,6,8H2,1-2H3. The van der Waals surface area contributed by atoms with E-state index in [-0.39, 0.29) is 5.82 Å². The molecule has 0 N–H and O–H groups in total. The smallest absolute Gasteiger partial charge is 0.246 e. The van der Waals surface area contributed by atoms with Crippen molar-refractivity contribution in [1.82, 2.24) is 15.1 Å². The maximum atomic E-state index is 13.5. The van der Waals surface area contributed by atoms with E-state index < -0.39 is 0 Å². The van der Waals surface area contributed by atoms with Crippen LogP contribution in [-0.4, -0.2) is 35.9 Å². The van der Waals surface area contributed by atoms with Gasteiger partial charge in [0.15, 0.2) is 11.6 Å². The van der Waals surface area contributed by atoms with E-state index in [1.807, 2.05) is 0 Å². The topological polar surface area (TPSA) is 64.3 Å². The van der Waals surface area contributed by atoms with Gasteiger partial charge in [-0.1, -0.05) is 5.16 Å². The van der Waals surface area contributed by atoms with Crippen LogP contribution in [0, 0.1) is 5.82 Å². The van der Waals surface area contributed by atoms with E-state index >= 15 is 0 Å². The number of hydrogen-bond donors (Lipinski definition) is 0. The third kappa shape index (κ3) is 3.47. The number of aromatic nitrogens is 3. The molecular formula is C12H15FN4O2. The minimum absolute atomic E-state index is 0.334. The van der Waals surface area contributed by atoms with Crippen LogP contribution >= 0.6 is 0 Å². The SMILES string of the molecule is COCCc1noc(CN(C)c2ccncc2F)n1. The maximum absolute atomic E-state index is 13.5. The first-order chi connectivity index (χ1) is 9.20. The lowest BCUT2D eigenvalue weighted by atomic mass is 10.3. The molecule has 0 saturated heterocycles. The molecule has 0 unspecified atom stereocenters. The number of methoxy groups -OCH3 is 1. The van der Waals surface area contributed by atoms with E-state index in [9.17, 15) is 4.39 Å². The first-order valence-electron chi connectivity index (χ1n) is 5.81. The predicted molar refractivity (Wildman–Crippen MR) is 66.2 cm³/mol. The highest BCUT2D eigenvalue weighted by atomic mass is 19.1. The molecule has 0 aliphatic carbocycles. The molecule has 0 fully saturated rings. The summed E-state index contributed by atoms with van der Waals surface area (Å²) in [5.74, 6) is 0.634. The van der Waals surface area contributed by atoms with Crippen molar-refractivity contribution in [1.29, 1.82) is 0 Å². The van der Waals surface area contributed by atoms with Gasteiger partial charge in [0.05, 0.1) is 25.0 Å². The van der Waals surface area contributed by atoms with Crippen LogP contribution in [0.4, 0.5) is 10.1 Å². The van der Waals surface area contributed by atoms with Crippen LogP contribution in [0.25, 0.3) is 0 Å². The Kier molecular flexibility index (Phi) is 4.40. The average Bonchev–Trinajstić information content (AvgIpc) is 2.84. The van der Waals surface area contributed by atoms with Gasteiger partial charge in [-0.25, -0.2) is 4.39 Å². The summed E-state index contributed by atoms with van der Waals surface area (Å²) >= 11 is 0. The van der Waals surface area contributed by atoms with E-state index in [0.717, 1.165) is 0 Å². The molecule has 0 aliphatic rings. The van der Waals surface area contributed by atoms with Gasteiger partial charge >= 0.3 is 0 Å². The summed E-state index contributed by atoms with van der Waals surface area (Å²) in [5.41, 5.74) is 0.437. The van der Waals surface area contributed by atoms with Crippen molar-refractivity contribution in [3.8, 4) is 0 Å². The molecule has 2 rings (SSSR count). The summed E-state index contributed by atoms with van der Waals surface area (Å²) in [7, 11) is 3.36. The normalized spacial score (nSPS) is 10.7. The molecule has 0 aromatic carbocycles. The molecule has 0 saturated carbocycles. The van der Waals surface area contributed by atoms with E-state index in [2.05, 4.69) is 15.1 Å². The second-order valence-electron chi connectivity index (χ2n) is 4.03. The molecule has 0 spiro atoms. The Hall–Kier alpha value is -2.02. The maximum Gasteiger partial charge on any atom is 0.246 e. The highest BCUT2D eigenvalue weighted by molar-refractivity contribution is 5.45. The fourth-order valence-electron chi connectivity index (χ4n) is 1.61. The molecule has 2 aromatic rings. The van der Waals surface area contributed by atoms with Crippen LogP contribution in [0.2, 0.25) is 0 Å². The fraction of sp³-hybridized carbons (Fsp3) is 0.417. The molecule has 2 heterocycles. The highest BCUT2D eigenvalue weighted by Crippen LogP contribution is 2.17. The van der Waals surface area contributed by atoms with Crippen LogP contribution in [-0.2, 0) is 17.7 Å². The summed E-state index contributed by atoms with van der Waals surface area (Å²) in [6, 6.07) is 1.59. The number of halogens is 1. The third-order valence-electron chi connectivity index (χ3n) is 2.57. The van der Waals surface area contributed by atoms with Gasteiger partial charge in [0.25, 0.3) is 0 Å². The molecule has 102 valence electrons. The molecule has 19 heavy (non-hydrogen) atoms. The monoisotopic (exact) mass is 266 g/mol. The van der Waals surface area contributed by atoms with Gasteiger partial charge in [0.2, 0.25) is 5.89 Å². The number of nitrogens with zero attached hydrogens (tertiary/aromatic N) is 4. The predicted octanol–water partition coefficient (Wildman–Crippen LogP) is 1.43. The van der Waals surface area contributed by atoms with Crippen molar-refractivity contribution >= 4 is 5.69 Å². The first-order valence-corrected chi connectivity index (χ1v) is 5.81. The summed E-state index contributed by atoms with van der Waals surface area (Å²) < 4.78 is 23.6. The number of rotatable bonds is 6. The number of hydrogen-bond acceptors (Lipinski definition) is 6. The van der Waals surface area contributed by atoms with Crippen molar-refractivity contribution in [3.05, 3.63) is 36.0 Å². The summed E-state index contributed by atoms with van der Waals surface area (Å²) in [4.78, 5) is 9.60. The zero-order valence-electron chi connectivity index (χ0n) is 10.8. The van der Waals surface area contributed by atoms with E-state index in [4.69, 9.17) is 9.26 Å². The minimum Gasteiger partial charge on any atom is -0.384 e. The van der Waals surface area contributed by atoms with Gasteiger partial charge in [0.1, 0.15) is 0 Å². The Morgan fingerprint density at radius 1 is 1.47 bits per heavy atom. The van der Waals surface area contributed by atoms with Crippen LogP contribution in [0.15, 0.2) is 23.0 Å². The molecule has 0 aliphatic heterocycles. The number of pyridine rings is 1. The van der Waals surface area contributed by atoms with Crippen molar-refractivity contribution in [3.63, 3.8) is 0 Å². The van der Waals surface area contributed by atoms with Crippen LogP contribution in [0.1, 0.15) is 11.7 Å². The molecular weight excluding hydrogens is 251 g/mol. The second kappa shape index (κ2) is 6.24. The molecule has 0 amide bonds. The second-order valence-corrected chi connectivity index (χ2v) is 4.03. The summed E-state index contributed by atoms with van der Waals surface area (Å²) in [6.07, 6.45) is 3.30. The Bertz CT molecular complexity index is 532. The van der Waals surface area contributed by atoms with Crippen molar-refractivity contribution in [2.75, 3.05) is 25.7 Å². The first kappa shape index (κ1) is 13.4. The van der Waals surface area contributed by atoms with Gasteiger partial charge in [-0.05, 0) is 6.07 Å². The Balaban J connectivity index is 2.01. The van der Waals surface area contributed by atoms with Crippen molar-refractivity contribution in [2.24, 2.45) is 0 Å². The Morgan fingerprint density at radius 3 is 3.05 bits per heavy atom. The van der Waals surface area contributed by atoms with E-state index in [1.165, 1.54) is 12.4 Å². The molecule has 7 heteroatoms. The van der Waals surface area contributed by atoms with Crippen LogP contribution < -0.4 is 4.90 Å². The van der Waals surface area contributed by atoms with Crippen LogP contribution in [0.3, 0.4) is 0 Å². The van der Waals surface area contributed by atoms with Gasteiger partial charge in [0, 0.05) is 26.8 Å². The summed E-state index contributed by atoms with van der Waals surface area (Å²) in [6.45, 7) is 0.870. The molecule has 0 bridgehead atoms. The quantitative estimate of drug-likeness (QED) is 0.788.